The minimum atomic E-state index is 0.653. The normalized spacial score (nSPS) is 10.3. The fourth-order valence-electron chi connectivity index (χ4n) is 1.67. The van der Waals surface area contributed by atoms with Crippen molar-refractivity contribution < 1.29 is 0 Å². The number of aryl methyl sites for hydroxylation is 1. The Bertz CT molecular complexity index is 585. The van der Waals surface area contributed by atoms with Gasteiger partial charge in [0.25, 0.3) is 0 Å². The maximum Gasteiger partial charge on any atom is 0.148 e. The van der Waals surface area contributed by atoms with E-state index in [1.165, 1.54) is 0 Å². The smallest absolute Gasteiger partial charge is 0.148 e. The number of hydrogen-bond acceptors (Lipinski definition) is 5. The lowest BCUT2D eigenvalue weighted by atomic mass is 10.2. The first kappa shape index (κ1) is 14.0. The van der Waals surface area contributed by atoms with Crippen molar-refractivity contribution in [3.63, 3.8) is 0 Å². The van der Waals surface area contributed by atoms with Gasteiger partial charge in [-0.05, 0) is 41.6 Å². The van der Waals surface area contributed by atoms with Crippen LogP contribution in [0, 0.1) is 10.5 Å². The summed E-state index contributed by atoms with van der Waals surface area (Å²) in [6.07, 6.45) is 0.759. The Morgan fingerprint density at radius 1 is 1.21 bits per heavy atom. The molecule has 0 aliphatic carbocycles. The quantitative estimate of drug-likeness (QED) is 0.439. The van der Waals surface area contributed by atoms with Crippen LogP contribution in [0.1, 0.15) is 18.3 Å². The summed E-state index contributed by atoms with van der Waals surface area (Å²) in [5, 5.41) is 3.34. The van der Waals surface area contributed by atoms with Gasteiger partial charge in [-0.1, -0.05) is 19.1 Å². The second-order valence-corrected chi connectivity index (χ2v) is 5.23. The summed E-state index contributed by atoms with van der Waals surface area (Å²) in [5.74, 6) is 7.69. The van der Waals surface area contributed by atoms with E-state index in [9.17, 15) is 0 Å². The molecule has 0 radical (unpaired) electrons. The Morgan fingerprint density at radius 3 is 2.53 bits per heavy atom. The molecular weight excluding hydrogens is 353 g/mol. The van der Waals surface area contributed by atoms with E-state index in [2.05, 4.69) is 43.3 Å². The van der Waals surface area contributed by atoms with E-state index in [1.54, 1.807) is 0 Å². The molecule has 0 atom stereocenters. The largest absolute Gasteiger partial charge is 0.339 e. The molecule has 0 bridgehead atoms. The van der Waals surface area contributed by atoms with Gasteiger partial charge in [-0.2, -0.15) is 0 Å². The second-order valence-electron chi connectivity index (χ2n) is 4.06. The number of anilines is 3. The average Bonchev–Trinajstić information content (AvgIpc) is 2.43. The predicted octanol–water partition coefficient (Wildman–Crippen LogP) is 2.98. The van der Waals surface area contributed by atoms with Crippen molar-refractivity contribution in [1.82, 2.24) is 9.97 Å². The van der Waals surface area contributed by atoms with Crippen LogP contribution in [0.15, 0.2) is 24.3 Å². The number of rotatable bonds is 4. The zero-order chi connectivity index (χ0) is 13.8. The summed E-state index contributed by atoms with van der Waals surface area (Å²) in [6.45, 7) is 3.95. The Kier molecular flexibility index (Phi) is 4.54. The monoisotopic (exact) mass is 369 g/mol. The van der Waals surface area contributed by atoms with Crippen molar-refractivity contribution in [2.24, 2.45) is 5.84 Å². The summed E-state index contributed by atoms with van der Waals surface area (Å²) in [6, 6.07) is 8.06. The fraction of sp³-hybridized carbons (Fsp3) is 0.231. The van der Waals surface area contributed by atoms with Gasteiger partial charge in [0, 0.05) is 15.6 Å². The molecule has 19 heavy (non-hydrogen) atoms. The number of hydrazine groups is 1. The van der Waals surface area contributed by atoms with Crippen LogP contribution >= 0.6 is 22.6 Å². The minimum absolute atomic E-state index is 0.653. The highest BCUT2D eigenvalue weighted by Gasteiger charge is 2.10. The second kappa shape index (κ2) is 6.16. The van der Waals surface area contributed by atoms with Gasteiger partial charge in [0.15, 0.2) is 0 Å². The van der Waals surface area contributed by atoms with E-state index < -0.39 is 0 Å². The number of halogens is 1. The Labute approximate surface area is 126 Å². The number of aromatic nitrogens is 2. The number of nitrogen functional groups attached to an aromatic ring is 1. The molecule has 5 nitrogen and oxygen atoms in total. The van der Waals surface area contributed by atoms with Crippen molar-refractivity contribution in [3.05, 3.63) is 39.2 Å². The molecule has 0 fully saturated rings. The van der Waals surface area contributed by atoms with Gasteiger partial charge >= 0.3 is 0 Å². The molecule has 6 heteroatoms. The van der Waals surface area contributed by atoms with Gasteiger partial charge in [0.05, 0.1) is 5.69 Å². The van der Waals surface area contributed by atoms with Gasteiger partial charge in [-0.15, -0.1) is 0 Å². The first-order valence-corrected chi connectivity index (χ1v) is 7.09. The first-order chi connectivity index (χ1) is 9.15. The minimum Gasteiger partial charge on any atom is -0.339 e. The maximum absolute atomic E-state index is 5.50. The molecular formula is C13H16IN5. The SMILES string of the molecule is CCc1nc(NN)c(C)c(Nc2ccccc2I)n1. The third-order valence-corrected chi connectivity index (χ3v) is 3.71. The first-order valence-electron chi connectivity index (χ1n) is 6.01. The molecule has 2 rings (SSSR count). The predicted molar refractivity (Wildman–Crippen MR) is 86.4 cm³/mol. The molecule has 0 spiro atoms. The summed E-state index contributed by atoms with van der Waals surface area (Å²) in [5.41, 5.74) is 4.54. The van der Waals surface area contributed by atoms with Crippen molar-refractivity contribution in [1.29, 1.82) is 0 Å². The highest BCUT2D eigenvalue weighted by molar-refractivity contribution is 14.1. The van der Waals surface area contributed by atoms with Gasteiger partial charge in [0.1, 0.15) is 17.5 Å². The maximum atomic E-state index is 5.50. The van der Waals surface area contributed by atoms with Crippen molar-refractivity contribution in [2.75, 3.05) is 10.7 Å². The van der Waals surface area contributed by atoms with E-state index in [1.807, 2.05) is 38.1 Å². The number of hydrogen-bond donors (Lipinski definition) is 3. The average molecular weight is 369 g/mol. The van der Waals surface area contributed by atoms with E-state index in [0.29, 0.717) is 5.82 Å². The van der Waals surface area contributed by atoms with Crippen molar-refractivity contribution >= 4 is 39.9 Å². The van der Waals surface area contributed by atoms with Crippen LogP contribution in [0.5, 0.6) is 0 Å². The summed E-state index contributed by atoms with van der Waals surface area (Å²) >= 11 is 2.29. The number of para-hydroxylation sites is 1. The third kappa shape index (κ3) is 3.13. The molecule has 0 saturated carbocycles. The topological polar surface area (TPSA) is 75.9 Å². The molecule has 1 aromatic heterocycles. The van der Waals surface area contributed by atoms with Crippen LogP contribution in [0.4, 0.5) is 17.3 Å². The number of nitrogens with zero attached hydrogens (tertiary/aromatic N) is 2. The van der Waals surface area contributed by atoms with Crippen LogP contribution in [0.25, 0.3) is 0 Å². The molecule has 0 saturated heterocycles. The Balaban J connectivity index is 2.42. The highest BCUT2D eigenvalue weighted by Crippen LogP contribution is 2.26. The van der Waals surface area contributed by atoms with E-state index in [-0.39, 0.29) is 0 Å². The number of benzene rings is 1. The van der Waals surface area contributed by atoms with Crippen LogP contribution in [0.2, 0.25) is 0 Å². The van der Waals surface area contributed by atoms with Gasteiger partial charge in [-0.3, -0.25) is 0 Å². The lowest BCUT2D eigenvalue weighted by Crippen LogP contribution is -2.14. The van der Waals surface area contributed by atoms with E-state index >= 15 is 0 Å². The third-order valence-electron chi connectivity index (χ3n) is 2.77. The molecule has 0 aliphatic heterocycles. The molecule has 0 amide bonds. The van der Waals surface area contributed by atoms with Crippen LogP contribution in [-0.2, 0) is 6.42 Å². The molecule has 0 aliphatic rings. The van der Waals surface area contributed by atoms with Crippen LogP contribution in [0.3, 0.4) is 0 Å². The molecule has 100 valence electrons. The lowest BCUT2D eigenvalue weighted by molar-refractivity contribution is 0.932. The van der Waals surface area contributed by atoms with Gasteiger partial charge in [-0.25, -0.2) is 15.8 Å². The zero-order valence-corrected chi connectivity index (χ0v) is 13.0. The zero-order valence-electron chi connectivity index (χ0n) is 10.9. The van der Waals surface area contributed by atoms with Crippen LogP contribution < -0.4 is 16.6 Å². The van der Waals surface area contributed by atoms with Gasteiger partial charge < -0.3 is 10.7 Å². The van der Waals surface area contributed by atoms with E-state index in [0.717, 1.165) is 32.9 Å². The lowest BCUT2D eigenvalue weighted by Gasteiger charge is -2.14. The Morgan fingerprint density at radius 2 is 1.89 bits per heavy atom. The molecule has 1 aromatic carbocycles. The van der Waals surface area contributed by atoms with Crippen molar-refractivity contribution in [2.45, 2.75) is 20.3 Å². The molecule has 2 aromatic rings. The van der Waals surface area contributed by atoms with Gasteiger partial charge in [0.2, 0.25) is 0 Å². The molecule has 0 unspecified atom stereocenters. The summed E-state index contributed by atoms with van der Waals surface area (Å²) < 4.78 is 1.14. The Hall–Kier alpha value is -1.41. The fourth-order valence-corrected chi connectivity index (χ4v) is 2.20. The highest BCUT2D eigenvalue weighted by atomic mass is 127. The van der Waals surface area contributed by atoms with Crippen LogP contribution in [-0.4, -0.2) is 9.97 Å². The van der Waals surface area contributed by atoms with E-state index in [4.69, 9.17) is 5.84 Å². The summed E-state index contributed by atoms with van der Waals surface area (Å²) in [4.78, 5) is 8.86. The molecule has 4 N–H and O–H groups in total. The summed E-state index contributed by atoms with van der Waals surface area (Å²) in [7, 11) is 0. The number of nitrogens with one attached hydrogen (secondary N) is 2. The molecule has 1 heterocycles. The number of nitrogens with two attached hydrogens (primary N) is 1. The standard InChI is InChI=1S/C13H16IN5/c1-3-11-17-12(8(2)13(18-11)19-15)16-10-7-5-4-6-9(10)14/h4-7H,3,15H2,1-2H3,(H2,16,17,18,19). The van der Waals surface area contributed by atoms with Crippen molar-refractivity contribution in [3.8, 4) is 0 Å².